The van der Waals surface area contributed by atoms with Crippen LogP contribution in [0, 0.1) is 17.1 Å². The number of halogens is 2. The topological polar surface area (TPSA) is 119 Å². The van der Waals surface area contributed by atoms with Crippen molar-refractivity contribution in [3.8, 4) is 17.6 Å². The number of aromatic nitrogens is 1. The average Bonchev–Trinajstić information content (AvgIpc) is 3.44. The molecule has 2 N–H and O–H groups in total. The van der Waals surface area contributed by atoms with Crippen molar-refractivity contribution in [1.82, 2.24) is 4.98 Å². The molecule has 1 saturated heterocycles. The Bertz CT molecular complexity index is 1720. The molecular weight excluding hydrogens is 635 g/mol. The lowest BCUT2D eigenvalue weighted by Crippen LogP contribution is -2.13. The molecule has 0 spiro atoms. The van der Waals surface area contributed by atoms with Crippen LogP contribution in [0.3, 0.4) is 0 Å². The Morgan fingerprint density at radius 2 is 2.07 bits per heavy atom. The van der Waals surface area contributed by atoms with Crippen molar-refractivity contribution in [3.63, 3.8) is 0 Å². The van der Waals surface area contributed by atoms with Gasteiger partial charge >= 0.3 is 0 Å². The van der Waals surface area contributed by atoms with E-state index < -0.39 is 10.2 Å². The van der Waals surface area contributed by atoms with Gasteiger partial charge in [0.15, 0.2) is 0 Å². The highest BCUT2D eigenvalue weighted by atomic mass is 35.5. The summed E-state index contributed by atoms with van der Waals surface area (Å²) in [5.74, 6) is 1.17. The molecule has 45 heavy (non-hydrogen) atoms. The van der Waals surface area contributed by atoms with Crippen LogP contribution < -0.4 is 20.1 Å². The zero-order valence-corrected chi connectivity index (χ0v) is 27.0. The molecule has 1 fully saturated rings. The summed E-state index contributed by atoms with van der Waals surface area (Å²) in [6, 6.07) is 17.0. The average molecular weight is 667 g/mol. The molecule has 234 valence electrons. The molecule has 2 heterocycles. The smallest absolute Gasteiger partial charge is 0.224 e. The van der Waals surface area contributed by atoms with E-state index in [1.807, 2.05) is 6.92 Å². The quantitative estimate of drug-likeness (QED) is 0.0831. The van der Waals surface area contributed by atoms with Gasteiger partial charge in [-0.3, -0.25) is 9.78 Å². The first-order valence-corrected chi connectivity index (χ1v) is 17.7. The Morgan fingerprint density at radius 3 is 2.80 bits per heavy atom. The first-order valence-electron chi connectivity index (χ1n) is 14.6. The fraction of sp³-hybridized carbons (Fsp3) is 0.303. The number of rotatable bonds is 13. The standard InChI is InChI=1S/C33H32ClFN4O4S2/c1-2-42-31-17-28-26(16-29(31)39-32(40)9-4-3-8-25-12-13-45(41)44-25)33(22(18-36)19-37-28)38-24-10-11-30(27(34)15-24)43-20-21-6-5-7-23(35)14-21/h5-7,10-11,14-17,19,25H,2-4,8-9,12-13,20H2,1H3,(H,37,38)(H,39,40). The van der Waals surface area contributed by atoms with E-state index in [0.717, 1.165) is 31.4 Å². The van der Waals surface area contributed by atoms with E-state index in [4.69, 9.17) is 21.1 Å². The number of carbonyl (C=O) groups is 1. The number of nitrogens with zero attached hydrogens (tertiary/aromatic N) is 2. The SMILES string of the molecule is CCOc1cc2ncc(C#N)c(Nc3ccc(OCc4cccc(F)c4)c(Cl)c3)c2cc1NC(=O)CCCCC1CC[S+]([O-])S1. The van der Waals surface area contributed by atoms with Gasteiger partial charge in [-0.1, -0.05) is 30.2 Å². The van der Waals surface area contributed by atoms with Crippen molar-refractivity contribution in [2.24, 2.45) is 0 Å². The number of anilines is 3. The maximum absolute atomic E-state index is 13.5. The number of benzene rings is 3. The third-order valence-electron chi connectivity index (χ3n) is 7.18. The number of nitriles is 1. The Kier molecular flexibility index (Phi) is 11.3. The van der Waals surface area contributed by atoms with Gasteiger partial charge in [0.1, 0.15) is 35.7 Å². The summed E-state index contributed by atoms with van der Waals surface area (Å²) in [6.45, 7) is 2.40. The maximum Gasteiger partial charge on any atom is 0.224 e. The number of ether oxygens (including phenoxy) is 2. The van der Waals surface area contributed by atoms with Crippen molar-refractivity contribution in [2.45, 2.75) is 50.9 Å². The summed E-state index contributed by atoms with van der Waals surface area (Å²) in [4.78, 5) is 17.4. The highest BCUT2D eigenvalue weighted by Gasteiger charge is 2.28. The van der Waals surface area contributed by atoms with Crippen molar-refractivity contribution >= 4 is 66.5 Å². The lowest BCUT2D eigenvalue weighted by Gasteiger charge is -2.17. The summed E-state index contributed by atoms with van der Waals surface area (Å²) in [5.41, 5.74) is 3.13. The van der Waals surface area contributed by atoms with Crippen LogP contribution in [0.5, 0.6) is 11.5 Å². The third kappa shape index (κ3) is 8.73. The van der Waals surface area contributed by atoms with Crippen LogP contribution >= 0.6 is 22.4 Å². The van der Waals surface area contributed by atoms with E-state index in [9.17, 15) is 19.0 Å². The Morgan fingerprint density at radius 1 is 1.20 bits per heavy atom. The summed E-state index contributed by atoms with van der Waals surface area (Å²) < 4.78 is 36.7. The zero-order valence-electron chi connectivity index (χ0n) is 24.6. The lowest BCUT2D eigenvalue weighted by molar-refractivity contribution is -0.116. The van der Waals surface area contributed by atoms with E-state index in [2.05, 4.69) is 21.7 Å². The van der Waals surface area contributed by atoms with Gasteiger partial charge in [-0.25, -0.2) is 4.39 Å². The predicted octanol–water partition coefficient (Wildman–Crippen LogP) is 8.29. The molecule has 0 saturated carbocycles. The van der Waals surface area contributed by atoms with Gasteiger partial charge in [-0.15, -0.1) is 0 Å². The number of fused-ring (bicyclic) bond motifs is 1. The molecule has 2 unspecified atom stereocenters. The van der Waals surface area contributed by atoms with Crippen molar-refractivity contribution in [2.75, 3.05) is 23.0 Å². The molecule has 4 aromatic rings. The molecule has 0 bridgehead atoms. The lowest BCUT2D eigenvalue weighted by atomic mass is 10.1. The minimum absolute atomic E-state index is 0.141. The molecule has 1 amide bonds. The number of unbranched alkanes of at least 4 members (excludes halogenated alkanes) is 1. The molecule has 1 aliphatic heterocycles. The second kappa shape index (κ2) is 15.5. The van der Waals surface area contributed by atoms with Crippen LogP contribution in [-0.4, -0.2) is 33.1 Å². The molecule has 3 aromatic carbocycles. The Balaban J connectivity index is 1.32. The minimum Gasteiger partial charge on any atom is -0.605 e. The predicted molar refractivity (Wildman–Crippen MR) is 179 cm³/mol. The van der Waals surface area contributed by atoms with Gasteiger partial charge in [0.05, 0.1) is 50.1 Å². The van der Waals surface area contributed by atoms with Crippen molar-refractivity contribution in [3.05, 3.63) is 82.8 Å². The monoisotopic (exact) mass is 666 g/mol. The van der Waals surface area contributed by atoms with Gasteiger partial charge < -0.3 is 24.7 Å². The first kappa shape index (κ1) is 32.7. The zero-order chi connectivity index (χ0) is 31.8. The second-order valence-corrected chi connectivity index (χ2v) is 14.4. The van der Waals surface area contributed by atoms with Gasteiger partial charge in [0.2, 0.25) is 5.91 Å². The van der Waals surface area contributed by atoms with Crippen molar-refractivity contribution < 1.29 is 23.2 Å². The molecule has 0 aliphatic carbocycles. The van der Waals surface area contributed by atoms with Gasteiger partial charge in [-0.05, 0) is 61.7 Å². The summed E-state index contributed by atoms with van der Waals surface area (Å²) in [5, 5.41) is 17.5. The van der Waals surface area contributed by atoms with Gasteiger partial charge in [-0.2, -0.15) is 5.26 Å². The van der Waals surface area contributed by atoms with E-state index in [-0.39, 0.29) is 18.3 Å². The summed E-state index contributed by atoms with van der Waals surface area (Å²) in [7, 11) is 0.770. The van der Waals surface area contributed by atoms with Crippen LogP contribution in [0.15, 0.2) is 60.8 Å². The highest BCUT2D eigenvalue weighted by Crippen LogP contribution is 2.38. The van der Waals surface area contributed by atoms with Crippen LogP contribution in [-0.2, 0) is 21.6 Å². The third-order valence-corrected chi connectivity index (χ3v) is 11.0. The maximum atomic E-state index is 13.5. The van der Waals surface area contributed by atoms with E-state index in [0.29, 0.717) is 73.9 Å². The van der Waals surface area contributed by atoms with Crippen LogP contribution in [0.1, 0.15) is 50.2 Å². The molecular formula is C33H32ClFN4O4S2. The molecule has 8 nitrogen and oxygen atoms in total. The van der Waals surface area contributed by atoms with Crippen molar-refractivity contribution in [1.29, 1.82) is 5.26 Å². The number of nitrogens with one attached hydrogen (secondary N) is 2. The molecule has 1 aromatic heterocycles. The first-order chi connectivity index (χ1) is 21.8. The summed E-state index contributed by atoms with van der Waals surface area (Å²) in [6.07, 6.45) is 5.36. The van der Waals surface area contributed by atoms with Crippen LogP contribution in [0.4, 0.5) is 21.5 Å². The Hall–Kier alpha value is -3.69. The number of hydrogen-bond donors (Lipinski definition) is 2. The van der Waals surface area contributed by atoms with Crippen LogP contribution in [0.25, 0.3) is 10.9 Å². The molecule has 5 rings (SSSR count). The van der Waals surface area contributed by atoms with Gasteiger partial charge in [0, 0.05) is 46.4 Å². The summed E-state index contributed by atoms with van der Waals surface area (Å²) >= 11 is 6.52. The number of amides is 1. The normalized spacial score (nSPS) is 15.9. The van der Waals surface area contributed by atoms with Crippen LogP contribution in [0.2, 0.25) is 5.02 Å². The number of hydrogen-bond acceptors (Lipinski definition) is 8. The molecule has 0 radical (unpaired) electrons. The number of carbonyl (C=O) groups excluding carboxylic acids is 1. The molecule has 2 atom stereocenters. The largest absolute Gasteiger partial charge is 0.605 e. The van der Waals surface area contributed by atoms with E-state index in [1.54, 1.807) is 42.5 Å². The molecule has 1 aliphatic rings. The number of pyridine rings is 1. The Labute approximate surface area is 273 Å². The highest BCUT2D eigenvalue weighted by molar-refractivity contribution is 8.72. The van der Waals surface area contributed by atoms with Gasteiger partial charge in [0.25, 0.3) is 0 Å². The minimum atomic E-state index is -0.768. The molecule has 12 heteroatoms. The fourth-order valence-electron chi connectivity index (χ4n) is 4.98. The van der Waals surface area contributed by atoms with E-state index >= 15 is 0 Å². The van der Waals surface area contributed by atoms with E-state index in [1.165, 1.54) is 29.1 Å². The fourth-order valence-corrected chi connectivity index (χ4v) is 8.78. The second-order valence-electron chi connectivity index (χ2n) is 10.5.